The fourth-order valence-electron chi connectivity index (χ4n) is 3.65. The number of ether oxygens (including phenoxy) is 1. The Kier molecular flexibility index (Phi) is 6.86. The number of amides is 1. The van der Waals surface area contributed by atoms with E-state index in [0.717, 1.165) is 42.5 Å². The van der Waals surface area contributed by atoms with Gasteiger partial charge in [0, 0.05) is 31.7 Å². The molecule has 1 fully saturated rings. The highest BCUT2D eigenvalue weighted by Crippen LogP contribution is 2.30. The van der Waals surface area contributed by atoms with E-state index in [2.05, 4.69) is 61.1 Å². The highest BCUT2D eigenvalue weighted by Gasteiger charge is 2.23. The van der Waals surface area contributed by atoms with Crippen molar-refractivity contribution in [1.29, 1.82) is 0 Å². The first kappa shape index (κ1) is 21.0. The van der Waals surface area contributed by atoms with Gasteiger partial charge in [0.25, 0.3) is 5.91 Å². The summed E-state index contributed by atoms with van der Waals surface area (Å²) in [7, 11) is 0. The zero-order valence-electron chi connectivity index (χ0n) is 17.5. The third-order valence-corrected chi connectivity index (χ3v) is 6.14. The minimum atomic E-state index is -0.0596. The largest absolute Gasteiger partial charge is 0.374 e. The van der Waals surface area contributed by atoms with Gasteiger partial charge in [-0.25, -0.2) is 4.98 Å². The number of carbonyl (C=O) groups excluding carboxylic acids is 1. The van der Waals surface area contributed by atoms with E-state index in [4.69, 9.17) is 4.74 Å². The van der Waals surface area contributed by atoms with Crippen LogP contribution in [0.5, 0.6) is 0 Å². The molecule has 1 aliphatic heterocycles. The van der Waals surface area contributed by atoms with Gasteiger partial charge in [-0.2, -0.15) is 0 Å². The molecule has 5 nitrogen and oxygen atoms in total. The highest BCUT2D eigenvalue weighted by atomic mass is 32.1. The molecule has 0 saturated carbocycles. The Labute approximate surface area is 172 Å². The summed E-state index contributed by atoms with van der Waals surface area (Å²) in [6, 6.07) is 6.32. The molecule has 1 N–H and O–H groups in total. The average molecular weight is 402 g/mol. The first-order valence-corrected chi connectivity index (χ1v) is 10.8. The number of hydrogen-bond acceptors (Lipinski definition) is 5. The van der Waals surface area contributed by atoms with Gasteiger partial charge in [-0.1, -0.05) is 37.6 Å². The summed E-state index contributed by atoms with van der Waals surface area (Å²) in [5.74, 6) is 0.576. The van der Waals surface area contributed by atoms with Crippen molar-refractivity contribution in [3.8, 4) is 10.6 Å². The fourth-order valence-corrected chi connectivity index (χ4v) is 4.72. The third-order valence-electron chi connectivity index (χ3n) is 4.95. The molecule has 3 rings (SSSR count). The summed E-state index contributed by atoms with van der Waals surface area (Å²) in [6.07, 6.45) is 0.0449. The molecule has 0 unspecified atom stereocenters. The number of hydrogen-bond donors (Lipinski definition) is 1. The van der Waals surface area contributed by atoms with Crippen LogP contribution in [0.25, 0.3) is 10.6 Å². The van der Waals surface area contributed by atoms with Gasteiger partial charge >= 0.3 is 0 Å². The average Bonchev–Trinajstić information content (AvgIpc) is 3.01. The SMILES string of the molecule is Cc1ccc(-c2nc(C)c(C(=O)NC[C@@H]3CN(CC(C)C)CCO3)s2)c(C)c1. The molecule has 0 bridgehead atoms. The minimum Gasteiger partial charge on any atom is -0.374 e. The van der Waals surface area contributed by atoms with Gasteiger partial charge in [-0.15, -0.1) is 11.3 Å². The van der Waals surface area contributed by atoms with Crippen LogP contribution in [0, 0.1) is 26.7 Å². The lowest BCUT2D eigenvalue weighted by Gasteiger charge is -2.33. The number of aryl methyl sites for hydroxylation is 3. The lowest BCUT2D eigenvalue weighted by molar-refractivity contribution is -0.0295. The lowest BCUT2D eigenvalue weighted by Crippen LogP contribution is -2.48. The Hall–Kier alpha value is -1.76. The molecule has 2 aromatic rings. The van der Waals surface area contributed by atoms with Crippen LogP contribution in [0.2, 0.25) is 0 Å². The van der Waals surface area contributed by atoms with Gasteiger partial charge in [-0.3, -0.25) is 9.69 Å². The van der Waals surface area contributed by atoms with E-state index in [-0.39, 0.29) is 12.0 Å². The van der Waals surface area contributed by atoms with Gasteiger partial charge < -0.3 is 10.1 Å². The second-order valence-electron chi connectivity index (χ2n) is 8.11. The summed E-state index contributed by atoms with van der Waals surface area (Å²) in [5, 5.41) is 3.95. The van der Waals surface area contributed by atoms with Gasteiger partial charge in [-0.05, 0) is 32.3 Å². The maximum Gasteiger partial charge on any atom is 0.263 e. The molecule has 0 aliphatic carbocycles. The number of rotatable bonds is 6. The minimum absolute atomic E-state index is 0.0449. The van der Waals surface area contributed by atoms with Crippen molar-refractivity contribution in [3.05, 3.63) is 39.9 Å². The van der Waals surface area contributed by atoms with Crippen molar-refractivity contribution in [3.63, 3.8) is 0 Å². The summed E-state index contributed by atoms with van der Waals surface area (Å²) < 4.78 is 5.84. The number of nitrogens with one attached hydrogen (secondary N) is 1. The van der Waals surface area contributed by atoms with Crippen molar-refractivity contribution in [2.45, 2.75) is 40.7 Å². The number of morpholine rings is 1. The topological polar surface area (TPSA) is 54.5 Å². The molecule has 1 saturated heterocycles. The Bertz CT molecular complexity index is 831. The fraction of sp³-hybridized carbons (Fsp3) is 0.545. The van der Waals surface area contributed by atoms with Gasteiger partial charge in [0.2, 0.25) is 0 Å². The zero-order chi connectivity index (χ0) is 20.3. The van der Waals surface area contributed by atoms with Gasteiger partial charge in [0.05, 0.1) is 18.4 Å². The Morgan fingerprint density at radius 2 is 2.14 bits per heavy atom. The van der Waals surface area contributed by atoms with Crippen molar-refractivity contribution in [2.24, 2.45) is 5.92 Å². The van der Waals surface area contributed by atoms with Crippen LogP contribution < -0.4 is 5.32 Å². The molecule has 1 aromatic heterocycles. The molecule has 1 aromatic carbocycles. The first-order chi connectivity index (χ1) is 13.3. The molecule has 28 heavy (non-hydrogen) atoms. The highest BCUT2D eigenvalue weighted by molar-refractivity contribution is 7.17. The smallest absolute Gasteiger partial charge is 0.263 e. The van der Waals surface area contributed by atoms with Crippen LogP contribution in [-0.4, -0.2) is 54.7 Å². The van der Waals surface area contributed by atoms with E-state index >= 15 is 0 Å². The molecule has 2 heterocycles. The molecule has 0 spiro atoms. The quantitative estimate of drug-likeness (QED) is 0.799. The summed E-state index contributed by atoms with van der Waals surface area (Å²) >= 11 is 1.46. The van der Waals surface area contributed by atoms with E-state index in [1.165, 1.54) is 22.5 Å². The van der Waals surface area contributed by atoms with E-state index in [1.807, 2.05) is 6.92 Å². The molecule has 1 atom stereocenters. The molecule has 152 valence electrons. The normalized spacial score (nSPS) is 17.9. The van der Waals surface area contributed by atoms with Crippen LogP contribution in [0.1, 0.15) is 40.3 Å². The van der Waals surface area contributed by atoms with E-state index in [1.54, 1.807) is 0 Å². The monoisotopic (exact) mass is 401 g/mol. The number of benzene rings is 1. The number of aromatic nitrogens is 1. The Morgan fingerprint density at radius 1 is 1.36 bits per heavy atom. The second-order valence-corrected chi connectivity index (χ2v) is 9.11. The summed E-state index contributed by atoms with van der Waals surface area (Å²) in [4.78, 5) is 20.5. The maximum atomic E-state index is 12.7. The number of nitrogens with zero attached hydrogens (tertiary/aromatic N) is 2. The Morgan fingerprint density at radius 3 is 2.86 bits per heavy atom. The van der Waals surface area contributed by atoms with Crippen LogP contribution in [0.3, 0.4) is 0 Å². The molecule has 1 aliphatic rings. The lowest BCUT2D eigenvalue weighted by atomic mass is 10.1. The predicted octanol–water partition coefficient (Wildman–Crippen LogP) is 3.82. The summed E-state index contributed by atoms with van der Waals surface area (Å²) in [6.45, 7) is 14.7. The zero-order valence-corrected chi connectivity index (χ0v) is 18.4. The summed E-state index contributed by atoms with van der Waals surface area (Å²) in [5.41, 5.74) is 4.29. The standard InChI is InChI=1S/C22H31N3O2S/c1-14(2)12-25-8-9-27-18(13-25)11-23-21(26)20-17(5)24-22(28-20)19-7-6-15(3)10-16(19)4/h6-7,10,14,18H,8-9,11-13H2,1-5H3,(H,23,26)/t18-/m1/s1. The van der Waals surface area contributed by atoms with Crippen LogP contribution in [0.4, 0.5) is 0 Å². The maximum absolute atomic E-state index is 12.7. The van der Waals surface area contributed by atoms with E-state index in [9.17, 15) is 4.79 Å². The molecule has 1 amide bonds. The molecular formula is C22H31N3O2S. The predicted molar refractivity (Wildman–Crippen MR) is 115 cm³/mol. The van der Waals surface area contributed by atoms with Gasteiger partial charge in [0.15, 0.2) is 0 Å². The van der Waals surface area contributed by atoms with Crippen molar-refractivity contribution in [2.75, 3.05) is 32.8 Å². The Balaban J connectivity index is 1.63. The second kappa shape index (κ2) is 9.16. The molecule has 0 radical (unpaired) electrons. The van der Waals surface area contributed by atoms with E-state index < -0.39 is 0 Å². The van der Waals surface area contributed by atoms with Crippen LogP contribution in [0.15, 0.2) is 18.2 Å². The first-order valence-electron chi connectivity index (χ1n) is 10.0. The van der Waals surface area contributed by atoms with Crippen molar-refractivity contribution < 1.29 is 9.53 Å². The number of thiazole rings is 1. The van der Waals surface area contributed by atoms with Crippen LogP contribution >= 0.6 is 11.3 Å². The number of carbonyl (C=O) groups is 1. The molecule has 6 heteroatoms. The third kappa shape index (κ3) is 5.19. The van der Waals surface area contributed by atoms with Crippen molar-refractivity contribution >= 4 is 17.2 Å². The van der Waals surface area contributed by atoms with E-state index in [0.29, 0.717) is 17.3 Å². The molecular weight excluding hydrogens is 370 g/mol. The van der Waals surface area contributed by atoms with Gasteiger partial charge in [0.1, 0.15) is 9.88 Å². The van der Waals surface area contributed by atoms with Crippen molar-refractivity contribution in [1.82, 2.24) is 15.2 Å². The van der Waals surface area contributed by atoms with Crippen LogP contribution in [-0.2, 0) is 4.74 Å².